The number of benzene rings is 1. The van der Waals surface area contributed by atoms with Crippen LogP contribution in [0.4, 0.5) is 15.2 Å². The monoisotopic (exact) mass is 292 g/mol. The minimum Gasteiger partial charge on any atom is -0.318 e. The maximum absolute atomic E-state index is 13.0. The molecule has 3 nitrogen and oxygen atoms in total. The lowest BCUT2D eigenvalue weighted by Gasteiger charge is -2.19. The highest BCUT2D eigenvalue weighted by Crippen LogP contribution is 2.33. The fourth-order valence-corrected chi connectivity index (χ4v) is 3.11. The third-order valence-corrected chi connectivity index (χ3v) is 4.03. The van der Waals surface area contributed by atoms with E-state index in [-0.39, 0.29) is 11.7 Å². The van der Waals surface area contributed by atoms with E-state index < -0.39 is 0 Å². The molecule has 20 heavy (non-hydrogen) atoms. The largest absolute Gasteiger partial charge is 0.318 e. The summed E-state index contributed by atoms with van der Waals surface area (Å²) in [6, 6.07) is 6.29. The number of carbonyl (C=O) groups excluding carboxylic acids is 1. The van der Waals surface area contributed by atoms with Gasteiger partial charge in [-0.05, 0) is 37.1 Å². The summed E-state index contributed by atoms with van der Waals surface area (Å²) in [4.78, 5) is 18.3. The molecule has 0 fully saturated rings. The van der Waals surface area contributed by atoms with Crippen molar-refractivity contribution in [3.63, 3.8) is 0 Å². The summed E-state index contributed by atoms with van der Waals surface area (Å²) in [7, 11) is 0. The second-order valence-corrected chi connectivity index (χ2v) is 5.75. The molecule has 5 heteroatoms. The van der Waals surface area contributed by atoms with E-state index in [4.69, 9.17) is 0 Å². The molecule has 0 N–H and O–H groups in total. The summed E-state index contributed by atoms with van der Waals surface area (Å²) in [5.41, 5.74) is 1.69. The summed E-state index contributed by atoms with van der Waals surface area (Å²) in [6.07, 6.45) is 0.856. The number of nitrogens with zero attached hydrogens (tertiary/aromatic N) is 2. The van der Waals surface area contributed by atoms with Gasteiger partial charge in [0.1, 0.15) is 5.82 Å². The minimum absolute atomic E-state index is 0.201. The Labute approximate surface area is 122 Å². The summed E-state index contributed by atoms with van der Waals surface area (Å²) >= 11 is 1.37. The van der Waals surface area contributed by atoms with Crippen molar-refractivity contribution in [3.05, 3.63) is 40.7 Å². The van der Waals surface area contributed by atoms with Gasteiger partial charge in [0.05, 0.1) is 10.6 Å². The van der Waals surface area contributed by atoms with Gasteiger partial charge in [-0.2, -0.15) is 0 Å². The normalized spacial score (nSPS) is 10.8. The highest BCUT2D eigenvalue weighted by atomic mass is 32.1. The van der Waals surface area contributed by atoms with E-state index >= 15 is 0 Å². The van der Waals surface area contributed by atoms with Crippen LogP contribution < -0.4 is 4.90 Å². The Morgan fingerprint density at radius 1 is 1.35 bits per heavy atom. The van der Waals surface area contributed by atoms with E-state index in [0.29, 0.717) is 11.4 Å². The van der Waals surface area contributed by atoms with Gasteiger partial charge in [-0.1, -0.05) is 25.2 Å². The zero-order chi connectivity index (χ0) is 14.7. The van der Waals surface area contributed by atoms with Crippen LogP contribution in [0.15, 0.2) is 24.3 Å². The van der Waals surface area contributed by atoms with Gasteiger partial charge in [-0.3, -0.25) is 4.79 Å². The van der Waals surface area contributed by atoms with E-state index in [9.17, 15) is 9.18 Å². The van der Waals surface area contributed by atoms with Gasteiger partial charge in [0.15, 0.2) is 11.4 Å². The Morgan fingerprint density at radius 3 is 2.45 bits per heavy atom. The molecule has 0 aliphatic heterocycles. The van der Waals surface area contributed by atoms with E-state index in [0.717, 1.165) is 22.8 Å². The lowest BCUT2D eigenvalue weighted by atomic mass is 10.1. The molecule has 2 rings (SSSR count). The molecule has 0 atom stereocenters. The predicted octanol–water partition coefficient (Wildman–Crippen LogP) is 4.38. The average Bonchev–Trinajstić information content (AvgIpc) is 2.86. The number of anilines is 2. The van der Waals surface area contributed by atoms with Crippen molar-refractivity contribution < 1.29 is 9.18 Å². The standard InChI is InChI=1S/C15H17FN2OS/c1-4-18(12-7-5-11(16)6-8-12)15-17-14(10(2)3)13(9-19)20-15/h5-10H,4H2,1-3H3. The van der Waals surface area contributed by atoms with Gasteiger partial charge < -0.3 is 4.90 Å². The topological polar surface area (TPSA) is 33.2 Å². The van der Waals surface area contributed by atoms with Crippen LogP contribution >= 0.6 is 11.3 Å². The maximum Gasteiger partial charge on any atom is 0.190 e. The molecule has 0 unspecified atom stereocenters. The van der Waals surface area contributed by atoms with Crippen LogP contribution in [0.25, 0.3) is 0 Å². The molecular weight excluding hydrogens is 275 g/mol. The quantitative estimate of drug-likeness (QED) is 0.767. The molecular formula is C15H17FN2OS. The molecule has 0 spiro atoms. The van der Waals surface area contributed by atoms with E-state index in [2.05, 4.69) is 4.98 Å². The Morgan fingerprint density at radius 2 is 2.00 bits per heavy atom. The minimum atomic E-state index is -0.264. The van der Waals surface area contributed by atoms with Gasteiger partial charge in [0.2, 0.25) is 0 Å². The van der Waals surface area contributed by atoms with E-state index in [1.165, 1.54) is 23.5 Å². The van der Waals surface area contributed by atoms with Gasteiger partial charge in [0, 0.05) is 12.2 Å². The average molecular weight is 292 g/mol. The molecule has 2 aromatic rings. The van der Waals surface area contributed by atoms with Crippen LogP contribution in [-0.2, 0) is 0 Å². The number of hydrogen-bond acceptors (Lipinski definition) is 4. The number of aldehydes is 1. The molecule has 106 valence electrons. The number of halogens is 1. The first kappa shape index (κ1) is 14.7. The van der Waals surface area contributed by atoms with Crippen molar-refractivity contribution in [2.75, 3.05) is 11.4 Å². The summed E-state index contributed by atoms with van der Waals surface area (Å²) in [5.74, 6) is -0.0625. The number of carbonyl (C=O) groups is 1. The third-order valence-electron chi connectivity index (χ3n) is 3.01. The number of thiazole rings is 1. The lowest BCUT2D eigenvalue weighted by Crippen LogP contribution is -2.15. The van der Waals surface area contributed by atoms with Crippen LogP contribution in [0.2, 0.25) is 0 Å². The highest BCUT2D eigenvalue weighted by Gasteiger charge is 2.18. The van der Waals surface area contributed by atoms with Crippen LogP contribution in [0, 0.1) is 5.82 Å². The Bertz CT molecular complexity index is 592. The highest BCUT2D eigenvalue weighted by molar-refractivity contribution is 7.17. The zero-order valence-corrected chi connectivity index (χ0v) is 12.6. The van der Waals surface area contributed by atoms with E-state index in [1.54, 1.807) is 12.1 Å². The Balaban J connectivity index is 2.41. The van der Waals surface area contributed by atoms with Crippen LogP contribution in [-0.4, -0.2) is 17.8 Å². The number of aromatic nitrogens is 1. The zero-order valence-electron chi connectivity index (χ0n) is 11.8. The third kappa shape index (κ3) is 2.88. The molecule has 0 radical (unpaired) electrons. The first-order chi connectivity index (χ1) is 9.56. The SMILES string of the molecule is CCN(c1ccc(F)cc1)c1nc(C(C)C)c(C=O)s1. The smallest absolute Gasteiger partial charge is 0.190 e. The van der Waals surface area contributed by atoms with Gasteiger partial charge in [0.25, 0.3) is 0 Å². The molecule has 0 amide bonds. The molecule has 0 bridgehead atoms. The van der Waals surface area contributed by atoms with Crippen LogP contribution in [0.3, 0.4) is 0 Å². The van der Waals surface area contributed by atoms with Crippen molar-refractivity contribution in [1.82, 2.24) is 4.98 Å². The van der Waals surface area contributed by atoms with Gasteiger partial charge >= 0.3 is 0 Å². The second kappa shape index (κ2) is 6.13. The van der Waals surface area contributed by atoms with Crippen molar-refractivity contribution >= 4 is 28.4 Å². The molecule has 1 aromatic heterocycles. The van der Waals surface area contributed by atoms with Crippen molar-refractivity contribution in [2.24, 2.45) is 0 Å². The van der Waals surface area contributed by atoms with E-state index in [1.807, 2.05) is 25.7 Å². The fourth-order valence-electron chi connectivity index (χ4n) is 1.99. The van der Waals surface area contributed by atoms with Crippen molar-refractivity contribution in [1.29, 1.82) is 0 Å². The van der Waals surface area contributed by atoms with Crippen LogP contribution in [0.5, 0.6) is 0 Å². The Hall–Kier alpha value is -1.75. The van der Waals surface area contributed by atoms with Gasteiger partial charge in [-0.25, -0.2) is 9.37 Å². The number of rotatable bonds is 5. The summed E-state index contributed by atoms with van der Waals surface area (Å²) in [6.45, 7) is 6.73. The van der Waals surface area contributed by atoms with Crippen molar-refractivity contribution in [3.8, 4) is 0 Å². The maximum atomic E-state index is 13.0. The summed E-state index contributed by atoms with van der Waals surface area (Å²) in [5, 5.41) is 0.768. The molecule has 0 aliphatic rings. The van der Waals surface area contributed by atoms with Crippen molar-refractivity contribution in [2.45, 2.75) is 26.7 Å². The predicted molar refractivity (Wildman–Crippen MR) is 80.7 cm³/mol. The first-order valence-corrected chi connectivity index (χ1v) is 7.37. The fraction of sp³-hybridized carbons (Fsp3) is 0.333. The Kier molecular flexibility index (Phi) is 4.49. The lowest BCUT2D eigenvalue weighted by molar-refractivity contribution is 0.112. The number of hydrogen-bond donors (Lipinski definition) is 0. The molecule has 0 aliphatic carbocycles. The molecule has 1 aromatic carbocycles. The molecule has 1 heterocycles. The molecule has 0 saturated heterocycles. The summed E-state index contributed by atoms with van der Waals surface area (Å²) < 4.78 is 13.0. The van der Waals surface area contributed by atoms with Gasteiger partial charge in [-0.15, -0.1) is 0 Å². The van der Waals surface area contributed by atoms with Crippen LogP contribution in [0.1, 0.15) is 42.1 Å². The second-order valence-electron chi connectivity index (χ2n) is 4.74. The first-order valence-electron chi connectivity index (χ1n) is 6.55. The molecule has 0 saturated carbocycles.